The quantitative estimate of drug-likeness (QED) is 0.595. The largest absolute Gasteiger partial charge is 0.497 e. The van der Waals surface area contributed by atoms with Gasteiger partial charge in [-0.15, -0.1) is 11.3 Å². The molecule has 1 aromatic heterocycles. The van der Waals surface area contributed by atoms with Gasteiger partial charge in [0.05, 0.1) is 24.8 Å². The van der Waals surface area contributed by atoms with E-state index >= 15 is 0 Å². The zero-order valence-electron chi connectivity index (χ0n) is 18.3. The third-order valence-corrected chi connectivity index (χ3v) is 6.32. The van der Waals surface area contributed by atoms with Crippen LogP contribution in [0.3, 0.4) is 0 Å². The van der Waals surface area contributed by atoms with E-state index in [0.717, 1.165) is 30.9 Å². The zero-order valence-corrected chi connectivity index (χ0v) is 19.1. The van der Waals surface area contributed by atoms with Crippen LogP contribution in [0.15, 0.2) is 53.9 Å². The minimum atomic E-state index is -0.591. The van der Waals surface area contributed by atoms with Crippen molar-refractivity contribution in [3.63, 3.8) is 0 Å². The number of nitrogens with zero attached hydrogens (tertiary/aromatic N) is 3. The number of hydrogen-bond acceptors (Lipinski definition) is 6. The molecule has 0 saturated carbocycles. The van der Waals surface area contributed by atoms with Crippen molar-refractivity contribution < 1.29 is 18.7 Å². The van der Waals surface area contributed by atoms with Gasteiger partial charge in [-0.05, 0) is 42.8 Å². The Bertz CT molecular complexity index is 1120. The number of aromatic nitrogens is 1. The molecule has 7 nitrogen and oxygen atoms in total. The Labute approximate surface area is 195 Å². The predicted molar refractivity (Wildman–Crippen MR) is 127 cm³/mol. The van der Waals surface area contributed by atoms with Gasteiger partial charge in [0, 0.05) is 37.2 Å². The summed E-state index contributed by atoms with van der Waals surface area (Å²) in [4.78, 5) is 33.6. The van der Waals surface area contributed by atoms with E-state index < -0.39 is 11.7 Å². The van der Waals surface area contributed by atoms with Gasteiger partial charge in [-0.1, -0.05) is 12.1 Å². The van der Waals surface area contributed by atoms with E-state index in [-0.39, 0.29) is 17.9 Å². The molecule has 1 fully saturated rings. The molecule has 172 valence electrons. The molecule has 0 spiro atoms. The van der Waals surface area contributed by atoms with Crippen molar-refractivity contribution in [2.75, 3.05) is 43.5 Å². The molecule has 0 aliphatic carbocycles. The van der Waals surface area contributed by atoms with E-state index in [9.17, 15) is 14.0 Å². The monoisotopic (exact) mass is 468 g/mol. The standard InChI is InChI=1S/C24H25FN4O3S/c1-32-19-9-7-18(8-10-19)28-11-4-12-29(14-13-28)22(30)15-17-16-33-24(26-17)27-23(31)20-5-2-3-6-21(20)25/h2-3,5-10,16H,4,11-15H2,1H3,(H,26,27,31). The molecular weight excluding hydrogens is 443 g/mol. The SMILES string of the molecule is COc1ccc(N2CCCN(C(=O)Cc3csc(NC(=O)c4ccccc4F)n3)CC2)cc1. The number of amides is 2. The van der Waals surface area contributed by atoms with Gasteiger partial charge < -0.3 is 14.5 Å². The number of rotatable bonds is 6. The maximum absolute atomic E-state index is 13.8. The second-order valence-corrected chi connectivity index (χ2v) is 8.53. The molecule has 0 atom stereocenters. The molecule has 2 heterocycles. The summed E-state index contributed by atoms with van der Waals surface area (Å²) in [6, 6.07) is 13.7. The molecule has 33 heavy (non-hydrogen) atoms. The van der Waals surface area contributed by atoms with Crippen molar-refractivity contribution in [2.45, 2.75) is 12.8 Å². The van der Waals surface area contributed by atoms with E-state index in [1.807, 2.05) is 29.2 Å². The highest BCUT2D eigenvalue weighted by Gasteiger charge is 2.21. The first-order chi connectivity index (χ1) is 16.0. The van der Waals surface area contributed by atoms with Crippen molar-refractivity contribution in [1.29, 1.82) is 0 Å². The van der Waals surface area contributed by atoms with Crippen LogP contribution in [0, 0.1) is 5.82 Å². The van der Waals surface area contributed by atoms with E-state index in [4.69, 9.17) is 4.74 Å². The van der Waals surface area contributed by atoms with Crippen LogP contribution in [-0.4, -0.2) is 55.0 Å². The van der Waals surface area contributed by atoms with E-state index in [1.165, 1.54) is 29.5 Å². The maximum atomic E-state index is 13.8. The van der Waals surface area contributed by atoms with Crippen LogP contribution in [0.5, 0.6) is 5.75 Å². The average molecular weight is 469 g/mol. The highest BCUT2D eigenvalue weighted by Crippen LogP contribution is 2.22. The van der Waals surface area contributed by atoms with Crippen LogP contribution in [0.2, 0.25) is 0 Å². The molecule has 1 saturated heterocycles. The Balaban J connectivity index is 1.31. The second-order valence-electron chi connectivity index (χ2n) is 7.67. The predicted octanol–water partition coefficient (Wildman–Crippen LogP) is 3.82. The van der Waals surface area contributed by atoms with E-state index in [1.54, 1.807) is 18.6 Å². The normalized spacial score (nSPS) is 14.0. The van der Waals surface area contributed by atoms with Gasteiger partial charge in [0.25, 0.3) is 5.91 Å². The smallest absolute Gasteiger partial charge is 0.260 e. The lowest BCUT2D eigenvalue weighted by Gasteiger charge is -2.23. The van der Waals surface area contributed by atoms with Gasteiger partial charge in [-0.2, -0.15) is 0 Å². The van der Waals surface area contributed by atoms with Gasteiger partial charge in [0.2, 0.25) is 5.91 Å². The molecule has 2 aromatic carbocycles. The number of hydrogen-bond donors (Lipinski definition) is 1. The number of benzene rings is 2. The number of halogens is 1. The topological polar surface area (TPSA) is 74.8 Å². The van der Waals surface area contributed by atoms with Crippen molar-refractivity contribution in [3.8, 4) is 5.75 Å². The molecule has 1 N–H and O–H groups in total. The van der Waals surface area contributed by atoms with Crippen LogP contribution in [0.25, 0.3) is 0 Å². The Kier molecular flexibility index (Phi) is 7.19. The Morgan fingerprint density at radius 2 is 1.88 bits per heavy atom. The molecule has 9 heteroatoms. The highest BCUT2D eigenvalue weighted by molar-refractivity contribution is 7.14. The van der Waals surface area contributed by atoms with E-state index in [2.05, 4.69) is 15.2 Å². The summed E-state index contributed by atoms with van der Waals surface area (Å²) in [5.41, 5.74) is 1.65. The summed E-state index contributed by atoms with van der Waals surface area (Å²) in [5.74, 6) is -0.333. The number of carbonyl (C=O) groups is 2. The molecule has 0 unspecified atom stereocenters. The lowest BCUT2D eigenvalue weighted by molar-refractivity contribution is -0.130. The third kappa shape index (κ3) is 5.67. The first-order valence-electron chi connectivity index (χ1n) is 10.7. The number of ether oxygens (including phenoxy) is 1. The zero-order chi connectivity index (χ0) is 23.2. The molecule has 4 rings (SSSR count). The molecular formula is C24H25FN4O3S. The first kappa shape index (κ1) is 22.7. The number of anilines is 2. The summed E-state index contributed by atoms with van der Waals surface area (Å²) in [6.07, 6.45) is 1.04. The maximum Gasteiger partial charge on any atom is 0.260 e. The third-order valence-electron chi connectivity index (χ3n) is 5.51. The van der Waals surface area contributed by atoms with Gasteiger partial charge >= 0.3 is 0 Å². The number of carbonyl (C=O) groups excluding carboxylic acids is 2. The van der Waals surface area contributed by atoms with Crippen LogP contribution in [0.4, 0.5) is 15.2 Å². The fourth-order valence-electron chi connectivity index (χ4n) is 3.74. The molecule has 0 radical (unpaired) electrons. The highest BCUT2D eigenvalue weighted by atomic mass is 32.1. The van der Waals surface area contributed by atoms with Gasteiger partial charge in [0.15, 0.2) is 5.13 Å². The van der Waals surface area contributed by atoms with Crippen LogP contribution in [-0.2, 0) is 11.2 Å². The number of methoxy groups -OCH3 is 1. The minimum Gasteiger partial charge on any atom is -0.497 e. The van der Waals surface area contributed by atoms with Gasteiger partial charge in [-0.25, -0.2) is 9.37 Å². The van der Waals surface area contributed by atoms with Crippen LogP contribution >= 0.6 is 11.3 Å². The van der Waals surface area contributed by atoms with Gasteiger partial charge in [0.1, 0.15) is 11.6 Å². The molecule has 3 aromatic rings. The molecule has 1 aliphatic heterocycles. The molecule has 2 amide bonds. The second kappa shape index (κ2) is 10.4. The lowest BCUT2D eigenvalue weighted by Crippen LogP contribution is -2.36. The van der Waals surface area contributed by atoms with Crippen molar-refractivity contribution >= 4 is 34.0 Å². The average Bonchev–Trinajstić information content (AvgIpc) is 3.11. The van der Waals surface area contributed by atoms with Crippen molar-refractivity contribution in [1.82, 2.24) is 9.88 Å². The van der Waals surface area contributed by atoms with E-state index in [0.29, 0.717) is 23.9 Å². The summed E-state index contributed by atoms with van der Waals surface area (Å²) in [7, 11) is 1.65. The summed E-state index contributed by atoms with van der Waals surface area (Å²) in [6.45, 7) is 2.94. The Morgan fingerprint density at radius 3 is 2.64 bits per heavy atom. The fourth-order valence-corrected chi connectivity index (χ4v) is 4.45. The summed E-state index contributed by atoms with van der Waals surface area (Å²) < 4.78 is 19.0. The Hall–Kier alpha value is -3.46. The fraction of sp³-hybridized carbons (Fsp3) is 0.292. The minimum absolute atomic E-state index is 0.00358. The number of nitrogens with one attached hydrogen (secondary N) is 1. The summed E-state index contributed by atoms with van der Waals surface area (Å²) >= 11 is 1.22. The first-order valence-corrected chi connectivity index (χ1v) is 11.6. The molecule has 1 aliphatic rings. The van der Waals surface area contributed by atoms with Crippen molar-refractivity contribution in [3.05, 3.63) is 71.0 Å². The van der Waals surface area contributed by atoms with Gasteiger partial charge in [-0.3, -0.25) is 14.9 Å². The van der Waals surface area contributed by atoms with Crippen LogP contribution < -0.4 is 15.0 Å². The summed E-state index contributed by atoms with van der Waals surface area (Å²) in [5, 5.41) is 4.69. The lowest BCUT2D eigenvalue weighted by atomic mass is 10.2. The Morgan fingerprint density at radius 1 is 1.09 bits per heavy atom. The van der Waals surface area contributed by atoms with Crippen LogP contribution in [0.1, 0.15) is 22.5 Å². The molecule has 0 bridgehead atoms. The number of thiazole rings is 1. The van der Waals surface area contributed by atoms with Crippen molar-refractivity contribution in [2.24, 2.45) is 0 Å².